The van der Waals surface area contributed by atoms with Gasteiger partial charge in [-0.25, -0.2) is 4.39 Å². The van der Waals surface area contributed by atoms with E-state index >= 15 is 0 Å². The van der Waals surface area contributed by atoms with Crippen LogP contribution in [0.1, 0.15) is 27.7 Å². The van der Waals surface area contributed by atoms with Crippen molar-refractivity contribution in [1.82, 2.24) is 4.90 Å². The minimum Gasteiger partial charge on any atom is -0.450 e. The summed E-state index contributed by atoms with van der Waals surface area (Å²) in [4.78, 5) is 26.9. The molecule has 2 heterocycles. The van der Waals surface area contributed by atoms with Crippen LogP contribution in [0.15, 0.2) is 56.1 Å². The highest BCUT2D eigenvalue weighted by Gasteiger charge is 2.40. The molecule has 0 saturated heterocycles. The van der Waals surface area contributed by atoms with Crippen molar-refractivity contribution >= 4 is 32.8 Å². The van der Waals surface area contributed by atoms with E-state index in [1.807, 2.05) is 24.3 Å². The summed E-state index contributed by atoms with van der Waals surface area (Å²) >= 11 is 3.40. The SMILES string of the molecule is CN1C(=O)c2oc3ccc(F)cc3c(=O)c2C1c1cccc(Br)c1. The van der Waals surface area contributed by atoms with Gasteiger partial charge in [0.2, 0.25) is 5.76 Å². The van der Waals surface area contributed by atoms with Crippen molar-refractivity contribution in [1.29, 1.82) is 0 Å². The van der Waals surface area contributed by atoms with Gasteiger partial charge in [-0.3, -0.25) is 9.59 Å². The molecule has 2 aromatic carbocycles. The summed E-state index contributed by atoms with van der Waals surface area (Å²) in [7, 11) is 1.62. The van der Waals surface area contributed by atoms with E-state index in [0.29, 0.717) is 0 Å². The molecule has 6 heteroatoms. The highest BCUT2D eigenvalue weighted by atomic mass is 79.9. The molecule has 120 valence electrons. The molecule has 1 atom stereocenters. The summed E-state index contributed by atoms with van der Waals surface area (Å²) in [5.74, 6) is -0.865. The summed E-state index contributed by atoms with van der Waals surface area (Å²) in [5.41, 5.74) is 0.853. The van der Waals surface area contributed by atoms with Crippen LogP contribution in [0.5, 0.6) is 0 Å². The maximum absolute atomic E-state index is 13.5. The Morgan fingerprint density at radius 3 is 2.71 bits per heavy atom. The number of benzene rings is 2. The van der Waals surface area contributed by atoms with Gasteiger partial charge in [0, 0.05) is 11.5 Å². The molecule has 0 saturated carbocycles. The van der Waals surface area contributed by atoms with Crippen LogP contribution in [-0.4, -0.2) is 17.9 Å². The zero-order valence-electron chi connectivity index (χ0n) is 12.5. The van der Waals surface area contributed by atoms with Crippen molar-refractivity contribution in [3.8, 4) is 0 Å². The van der Waals surface area contributed by atoms with E-state index in [1.165, 1.54) is 17.0 Å². The summed E-state index contributed by atoms with van der Waals surface area (Å²) in [5, 5.41) is 0.136. The Labute approximate surface area is 144 Å². The molecule has 0 aliphatic carbocycles. The summed E-state index contributed by atoms with van der Waals surface area (Å²) in [6.07, 6.45) is 0. The van der Waals surface area contributed by atoms with E-state index in [-0.39, 0.29) is 33.6 Å². The number of rotatable bonds is 1. The van der Waals surface area contributed by atoms with E-state index in [9.17, 15) is 14.0 Å². The fraction of sp³-hybridized carbons (Fsp3) is 0.111. The monoisotopic (exact) mass is 387 g/mol. The standard InChI is InChI=1S/C18H11BrFNO3/c1-21-15(9-3-2-4-10(19)7-9)14-16(22)12-8-11(20)5-6-13(12)24-17(14)18(21)23/h2-8,15H,1H3. The number of carbonyl (C=O) groups excluding carboxylic acids is 1. The molecular weight excluding hydrogens is 377 g/mol. The minimum atomic E-state index is -0.561. The Balaban J connectivity index is 2.05. The topological polar surface area (TPSA) is 50.5 Å². The van der Waals surface area contributed by atoms with Gasteiger partial charge in [0.25, 0.3) is 5.91 Å². The second kappa shape index (κ2) is 5.27. The molecule has 4 rings (SSSR count). The normalized spacial score (nSPS) is 16.7. The van der Waals surface area contributed by atoms with E-state index in [0.717, 1.165) is 16.1 Å². The van der Waals surface area contributed by atoms with Crippen LogP contribution in [0.25, 0.3) is 11.0 Å². The molecule has 3 aromatic rings. The molecule has 1 aliphatic heterocycles. The molecule has 0 radical (unpaired) electrons. The number of fused-ring (bicyclic) bond motifs is 2. The van der Waals surface area contributed by atoms with Crippen molar-refractivity contribution in [2.75, 3.05) is 7.05 Å². The molecular formula is C18H11BrFNO3. The highest BCUT2D eigenvalue weighted by Crippen LogP contribution is 2.37. The number of hydrogen-bond acceptors (Lipinski definition) is 3. The Kier molecular flexibility index (Phi) is 3.31. The highest BCUT2D eigenvalue weighted by molar-refractivity contribution is 9.10. The lowest BCUT2D eigenvalue weighted by molar-refractivity contribution is 0.0771. The van der Waals surface area contributed by atoms with Crippen LogP contribution in [0, 0.1) is 5.82 Å². The smallest absolute Gasteiger partial charge is 0.290 e. The van der Waals surface area contributed by atoms with Crippen molar-refractivity contribution in [3.63, 3.8) is 0 Å². The van der Waals surface area contributed by atoms with Crippen molar-refractivity contribution in [2.24, 2.45) is 0 Å². The quantitative estimate of drug-likeness (QED) is 0.636. The van der Waals surface area contributed by atoms with E-state index in [4.69, 9.17) is 4.42 Å². The zero-order valence-corrected chi connectivity index (χ0v) is 14.1. The molecule has 4 nitrogen and oxygen atoms in total. The molecule has 0 bridgehead atoms. The zero-order chi connectivity index (χ0) is 17.0. The molecule has 0 spiro atoms. The van der Waals surface area contributed by atoms with Gasteiger partial charge in [-0.2, -0.15) is 0 Å². The third-order valence-corrected chi connectivity index (χ3v) is 4.72. The van der Waals surface area contributed by atoms with Crippen LogP contribution in [0.2, 0.25) is 0 Å². The second-order valence-corrected chi connectivity index (χ2v) is 6.60. The van der Waals surface area contributed by atoms with Crippen LogP contribution in [-0.2, 0) is 0 Å². The van der Waals surface area contributed by atoms with Crippen LogP contribution >= 0.6 is 15.9 Å². The van der Waals surface area contributed by atoms with E-state index in [2.05, 4.69) is 15.9 Å². The predicted molar refractivity (Wildman–Crippen MR) is 90.5 cm³/mol. The third-order valence-electron chi connectivity index (χ3n) is 4.23. The maximum atomic E-state index is 13.5. The molecule has 1 aliphatic rings. The lowest BCUT2D eigenvalue weighted by Crippen LogP contribution is -2.25. The fourth-order valence-corrected chi connectivity index (χ4v) is 3.54. The van der Waals surface area contributed by atoms with Crippen LogP contribution in [0.4, 0.5) is 4.39 Å². The van der Waals surface area contributed by atoms with Crippen molar-refractivity contribution < 1.29 is 13.6 Å². The van der Waals surface area contributed by atoms with Crippen LogP contribution in [0.3, 0.4) is 0 Å². The number of nitrogens with zero attached hydrogens (tertiary/aromatic N) is 1. The Bertz CT molecular complexity index is 1060. The van der Waals surface area contributed by atoms with Gasteiger partial charge in [0.15, 0.2) is 5.43 Å². The Hall–Kier alpha value is -2.47. The number of hydrogen-bond donors (Lipinski definition) is 0. The second-order valence-electron chi connectivity index (χ2n) is 5.69. The van der Waals surface area contributed by atoms with Crippen LogP contribution < -0.4 is 5.43 Å². The predicted octanol–water partition coefficient (Wildman–Crippen LogP) is 3.87. The number of halogens is 2. The summed E-state index contributed by atoms with van der Waals surface area (Å²) in [6, 6.07) is 10.5. The van der Waals surface area contributed by atoms with E-state index in [1.54, 1.807) is 7.05 Å². The number of carbonyl (C=O) groups is 1. The summed E-state index contributed by atoms with van der Waals surface area (Å²) < 4.78 is 20.0. The third kappa shape index (κ3) is 2.10. The van der Waals surface area contributed by atoms with Gasteiger partial charge in [-0.1, -0.05) is 28.1 Å². The molecule has 1 aromatic heterocycles. The van der Waals surface area contributed by atoms with E-state index < -0.39 is 11.9 Å². The van der Waals surface area contributed by atoms with Gasteiger partial charge in [0.05, 0.1) is 17.0 Å². The first-order valence-electron chi connectivity index (χ1n) is 7.26. The van der Waals surface area contributed by atoms with Gasteiger partial charge >= 0.3 is 0 Å². The van der Waals surface area contributed by atoms with Gasteiger partial charge in [-0.05, 0) is 35.9 Å². The average molecular weight is 388 g/mol. The molecule has 1 amide bonds. The maximum Gasteiger partial charge on any atom is 0.290 e. The molecule has 0 fully saturated rings. The summed E-state index contributed by atoms with van der Waals surface area (Å²) in [6.45, 7) is 0. The lowest BCUT2D eigenvalue weighted by Gasteiger charge is -2.20. The van der Waals surface area contributed by atoms with Crippen molar-refractivity contribution in [2.45, 2.75) is 6.04 Å². The molecule has 24 heavy (non-hydrogen) atoms. The largest absolute Gasteiger partial charge is 0.450 e. The average Bonchev–Trinajstić information content (AvgIpc) is 2.81. The first-order chi connectivity index (χ1) is 11.5. The fourth-order valence-electron chi connectivity index (χ4n) is 3.13. The van der Waals surface area contributed by atoms with Gasteiger partial charge in [0.1, 0.15) is 11.4 Å². The first-order valence-corrected chi connectivity index (χ1v) is 8.05. The Morgan fingerprint density at radius 1 is 1.17 bits per heavy atom. The van der Waals surface area contributed by atoms with Crippen molar-refractivity contribution in [3.05, 3.63) is 79.9 Å². The molecule has 1 unspecified atom stereocenters. The minimum absolute atomic E-state index is 0.0200. The van der Waals surface area contributed by atoms with Gasteiger partial charge < -0.3 is 9.32 Å². The molecule has 0 N–H and O–H groups in total. The lowest BCUT2D eigenvalue weighted by atomic mass is 9.99. The number of amides is 1. The first kappa shape index (κ1) is 15.1. The Morgan fingerprint density at radius 2 is 1.96 bits per heavy atom. The van der Waals surface area contributed by atoms with Gasteiger partial charge in [-0.15, -0.1) is 0 Å².